The molecule has 1 N–H and O–H groups in total. The zero-order valence-electron chi connectivity index (χ0n) is 6.49. The van der Waals surface area contributed by atoms with Crippen LogP contribution in [0.15, 0.2) is 0 Å². The number of rotatable bonds is 0. The summed E-state index contributed by atoms with van der Waals surface area (Å²) in [6, 6.07) is -0.247. The first-order valence-corrected chi connectivity index (χ1v) is 5.17. The number of amides is 1. The monoisotopic (exact) mass is 177 g/mol. The normalized spacial score (nSPS) is 36.4. The van der Waals surface area contributed by atoms with Crippen LogP contribution in [0, 0.1) is 0 Å². The molecule has 5 heteroatoms. The van der Waals surface area contributed by atoms with Gasteiger partial charge in [0.1, 0.15) is 5.25 Å². The number of sulfone groups is 1. The molecule has 0 aliphatic carbocycles. The van der Waals surface area contributed by atoms with Crippen molar-refractivity contribution in [2.24, 2.45) is 0 Å². The molecule has 0 aromatic heterocycles. The van der Waals surface area contributed by atoms with E-state index >= 15 is 0 Å². The molecule has 0 radical (unpaired) electrons. The topological polar surface area (TPSA) is 63.2 Å². The molecule has 1 saturated heterocycles. The van der Waals surface area contributed by atoms with E-state index in [2.05, 4.69) is 5.32 Å². The number of carbonyl (C=O) groups excluding carboxylic acids is 1. The van der Waals surface area contributed by atoms with Gasteiger partial charge in [-0.05, 0) is 13.8 Å². The van der Waals surface area contributed by atoms with Crippen LogP contribution in [-0.4, -0.2) is 31.4 Å². The summed E-state index contributed by atoms with van der Waals surface area (Å²) in [7, 11) is -3.17. The molecule has 1 aliphatic rings. The van der Waals surface area contributed by atoms with Crippen molar-refractivity contribution in [1.82, 2.24) is 5.32 Å². The van der Waals surface area contributed by atoms with E-state index in [0.29, 0.717) is 0 Å². The molecule has 0 aromatic carbocycles. The van der Waals surface area contributed by atoms with Gasteiger partial charge in [-0.1, -0.05) is 0 Å². The van der Waals surface area contributed by atoms with Crippen LogP contribution in [0.1, 0.15) is 13.8 Å². The third kappa shape index (κ3) is 1.53. The molecule has 1 rings (SSSR count). The molecule has 64 valence electrons. The standard InChI is InChI=1S/C6H11NO3S/c1-4-3-11(9,10)5(2)6(8)7-4/h4-5H,3H2,1-2H3,(H,7,8). The molecule has 1 amide bonds. The predicted octanol–water partition coefficient (Wildman–Crippen LogP) is -0.692. The second kappa shape index (κ2) is 2.48. The van der Waals surface area contributed by atoms with Gasteiger partial charge < -0.3 is 5.32 Å². The molecular weight excluding hydrogens is 166 g/mol. The third-order valence-corrected chi connectivity index (χ3v) is 4.03. The Kier molecular flexibility index (Phi) is 1.92. The molecule has 2 unspecified atom stereocenters. The minimum Gasteiger partial charge on any atom is -0.352 e. The van der Waals surface area contributed by atoms with E-state index in [0.717, 1.165) is 0 Å². The van der Waals surface area contributed by atoms with Crippen LogP contribution in [0.5, 0.6) is 0 Å². The molecular formula is C6H11NO3S. The van der Waals surface area contributed by atoms with Crippen molar-refractivity contribution in [1.29, 1.82) is 0 Å². The van der Waals surface area contributed by atoms with Crippen molar-refractivity contribution < 1.29 is 13.2 Å². The maximum atomic E-state index is 11.1. The minimum absolute atomic E-state index is 0.0555. The summed E-state index contributed by atoms with van der Waals surface area (Å²) in [5, 5.41) is 1.69. The average Bonchev–Trinajstić information content (AvgIpc) is 1.81. The third-order valence-electron chi connectivity index (χ3n) is 1.78. The number of nitrogens with one attached hydrogen (secondary N) is 1. The predicted molar refractivity (Wildman–Crippen MR) is 40.9 cm³/mol. The molecule has 1 aliphatic heterocycles. The van der Waals surface area contributed by atoms with E-state index in [1.54, 1.807) is 6.92 Å². The van der Waals surface area contributed by atoms with Crippen molar-refractivity contribution in [2.75, 3.05) is 5.75 Å². The second-order valence-electron chi connectivity index (χ2n) is 2.88. The lowest BCUT2D eigenvalue weighted by Crippen LogP contribution is -2.52. The lowest BCUT2D eigenvalue weighted by atomic mass is 10.3. The Labute approximate surface area is 65.9 Å². The smallest absolute Gasteiger partial charge is 0.238 e. The molecule has 11 heavy (non-hydrogen) atoms. The zero-order chi connectivity index (χ0) is 8.65. The average molecular weight is 177 g/mol. The van der Waals surface area contributed by atoms with Crippen LogP contribution in [-0.2, 0) is 14.6 Å². The fraction of sp³-hybridized carbons (Fsp3) is 0.833. The molecule has 1 heterocycles. The summed E-state index contributed by atoms with van der Waals surface area (Å²) in [6.07, 6.45) is 0. The summed E-state index contributed by atoms with van der Waals surface area (Å²) in [4.78, 5) is 10.9. The Balaban J connectivity index is 2.93. The van der Waals surface area contributed by atoms with Gasteiger partial charge >= 0.3 is 0 Å². The Hall–Kier alpha value is -0.580. The van der Waals surface area contributed by atoms with Gasteiger partial charge in [-0.15, -0.1) is 0 Å². The first-order valence-electron chi connectivity index (χ1n) is 3.45. The van der Waals surface area contributed by atoms with Crippen molar-refractivity contribution in [3.05, 3.63) is 0 Å². The fourth-order valence-corrected chi connectivity index (χ4v) is 2.52. The van der Waals surface area contributed by atoms with Crippen LogP contribution in [0.25, 0.3) is 0 Å². The van der Waals surface area contributed by atoms with Crippen LogP contribution in [0.2, 0.25) is 0 Å². The van der Waals surface area contributed by atoms with Gasteiger partial charge in [0.2, 0.25) is 5.91 Å². The lowest BCUT2D eigenvalue weighted by Gasteiger charge is -2.24. The highest BCUT2D eigenvalue weighted by atomic mass is 32.2. The maximum absolute atomic E-state index is 11.1. The summed E-state index contributed by atoms with van der Waals surface area (Å²) in [5.74, 6) is -0.330. The van der Waals surface area contributed by atoms with Crippen molar-refractivity contribution in [2.45, 2.75) is 25.1 Å². The molecule has 0 saturated carbocycles. The summed E-state index contributed by atoms with van der Waals surface area (Å²) < 4.78 is 22.3. The first-order chi connectivity index (χ1) is 4.93. The minimum atomic E-state index is -3.17. The Bertz CT molecular complexity index is 270. The van der Waals surface area contributed by atoms with E-state index < -0.39 is 15.1 Å². The quantitative estimate of drug-likeness (QED) is 0.532. The molecule has 0 bridgehead atoms. The highest BCUT2D eigenvalue weighted by Gasteiger charge is 2.34. The SMILES string of the molecule is CC1CS(=O)(=O)C(C)C(=O)N1. The van der Waals surface area contributed by atoms with Crippen LogP contribution in [0.3, 0.4) is 0 Å². The zero-order valence-corrected chi connectivity index (χ0v) is 7.31. The Morgan fingerprint density at radius 2 is 2.00 bits per heavy atom. The highest BCUT2D eigenvalue weighted by molar-refractivity contribution is 7.92. The van der Waals surface area contributed by atoms with Gasteiger partial charge in [-0.2, -0.15) is 0 Å². The van der Waals surface area contributed by atoms with E-state index in [4.69, 9.17) is 0 Å². The van der Waals surface area contributed by atoms with E-state index in [1.807, 2.05) is 0 Å². The Morgan fingerprint density at radius 3 is 2.45 bits per heavy atom. The van der Waals surface area contributed by atoms with Gasteiger partial charge in [0, 0.05) is 6.04 Å². The Morgan fingerprint density at radius 1 is 1.45 bits per heavy atom. The summed E-state index contributed by atoms with van der Waals surface area (Å²) in [6.45, 7) is 3.10. The number of hydrogen-bond donors (Lipinski definition) is 1. The largest absolute Gasteiger partial charge is 0.352 e. The van der Waals surface area contributed by atoms with Crippen LogP contribution in [0.4, 0.5) is 0 Å². The van der Waals surface area contributed by atoms with Gasteiger partial charge in [-0.25, -0.2) is 8.42 Å². The molecule has 0 spiro atoms. The van der Waals surface area contributed by atoms with Gasteiger partial charge in [0.05, 0.1) is 5.75 Å². The van der Waals surface area contributed by atoms with E-state index in [9.17, 15) is 13.2 Å². The van der Waals surface area contributed by atoms with Crippen LogP contribution >= 0.6 is 0 Å². The molecule has 4 nitrogen and oxygen atoms in total. The molecule has 2 atom stereocenters. The second-order valence-corrected chi connectivity index (χ2v) is 5.25. The molecule has 0 aromatic rings. The summed E-state index contributed by atoms with van der Waals surface area (Å²) in [5.41, 5.74) is 0. The number of hydrogen-bond acceptors (Lipinski definition) is 3. The first kappa shape index (κ1) is 8.52. The fourth-order valence-electron chi connectivity index (χ4n) is 1.06. The van der Waals surface area contributed by atoms with Crippen LogP contribution < -0.4 is 5.32 Å². The van der Waals surface area contributed by atoms with Crippen molar-refractivity contribution >= 4 is 15.7 Å². The van der Waals surface area contributed by atoms with Crippen molar-refractivity contribution in [3.63, 3.8) is 0 Å². The van der Waals surface area contributed by atoms with Gasteiger partial charge in [0.25, 0.3) is 0 Å². The van der Waals surface area contributed by atoms with E-state index in [-0.39, 0.29) is 17.7 Å². The maximum Gasteiger partial charge on any atom is 0.238 e. The van der Waals surface area contributed by atoms with E-state index in [1.165, 1.54) is 6.92 Å². The highest BCUT2D eigenvalue weighted by Crippen LogP contribution is 2.09. The summed E-state index contributed by atoms with van der Waals surface area (Å²) >= 11 is 0. The van der Waals surface area contributed by atoms with Crippen molar-refractivity contribution in [3.8, 4) is 0 Å². The number of carbonyl (C=O) groups is 1. The van der Waals surface area contributed by atoms with Gasteiger partial charge in [-0.3, -0.25) is 4.79 Å². The van der Waals surface area contributed by atoms with Gasteiger partial charge in [0.15, 0.2) is 9.84 Å². The molecule has 1 fully saturated rings. The lowest BCUT2D eigenvalue weighted by molar-refractivity contribution is -0.121.